The lowest BCUT2D eigenvalue weighted by molar-refractivity contribution is -0.139. The highest BCUT2D eigenvalue weighted by Gasteiger charge is 2.27. The molecule has 6 nitrogen and oxygen atoms in total. The monoisotopic (exact) mass is 382 g/mol. The van der Waals surface area contributed by atoms with E-state index in [1.807, 2.05) is 35.2 Å². The minimum atomic E-state index is -0.520. The first kappa shape index (κ1) is 19.7. The molecule has 0 spiro atoms. The van der Waals surface area contributed by atoms with Gasteiger partial charge in [-0.3, -0.25) is 9.59 Å². The summed E-state index contributed by atoms with van der Waals surface area (Å²) in [5.41, 5.74) is 0.525. The fourth-order valence-electron chi connectivity index (χ4n) is 3.32. The third kappa shape index (κ3) is 5.25. The molecule has 0 bridgehead atoms. The Kier molecular flexibility index (Phi) is 6.53. The SMILES string of the molecule is CC(Oc1ccccc1)C(=O)N1CCC(CNC(=O)c2ccc(O)cc2)CC1. The first-order chi connectivity index (χ1) is 13.5. The number of hydrogen-bond acceptors (Lipinski definition) is 4. The number of nitrogens with one attached hydrogen (secondary N) is 1. The fourth-order valence-corrected chi connectivity index (χ4v) is 3.32. The van der Waals surface area contributed by atoms with Gasteiger partial charge in [-0.2, -0.15) is 0 Å². The number of benzene rings is 2. The van der Waals surface area contributed by atoms with Crippen molar-refractivity contribution in [2.45, 2.75) is 25.9 Å². The summed E-state index contributed by atoms with van der Waals surface area (Å²) in [5.74, 6) is 1.02. The van der Waals surface area contributed by atoms with Crippen LogP contribution in [-0.4, -0.2) is 47.6 Å². The maximum atomic E-state index is 12.6. The van der Waals surface area contributed by atoms with Crippen LogP contribution in [0.5, 0.6) is 11.5 Å². The molecular formula is C22H26N2O4. The fraction of sp³-hybridized carbons (Fsp3) is 0.364. The number of aromatic hydroxyl groups is 1. The van der Waals surface area contributed by atoms with Crippen molar-refractivity contribution >= 4 is 11.8 Å². The van der Waals surface area contributed by atoms with Gasteiger partial charge < -0.3 is 20.1 Å². The Morgan fingerprint density at radius 1 is 1.11 bits per heavy atom. The summed E-state index contributed by atoms with van der Waals surface area (Å²) >= 11 is 0. The van der Waals surface area contributed by atoms with Crippen molar-refractivity contribution in [3.05, 3.63) is 60.2 Å². The van der Waals surface area contributed by atoms with E-state index in [1.165, 1.54) is 12.1 Å². The van der Waals surface area contributed by atoms with Gasteiger partial charge in [-0.1, -0.05) is 18.2 Å². The second-order valence-electron chi connectivity index (χ2n) is 7.10. The Bertz CT molecular complexity index is 784. The molecule has 2 N–H and O–H groups in total. The first-order valence-electron chi connectivity index (χ1n) is 9.60. The number of phenols is 1. The van der Waals surface area contributed by atoms with Gasteiger partial charge in [0.25, 0.3) is 11.8 Å². The Morgan fingerprint density at radius 2 is 1.75 bits per heavy atom. The summed E-state index contributed by atoms with van der Waals surface area (Å²) in [6.07, 6.45) is 1.17. The highest BCUT2D eigenvalue weighted by atomic mass is 16.5. The molecule has 1 unspecified atom stereocenters. The van der Waals surface area contributed by atoms with E-state index in [0.717, 1.165) is 12.8 Å². The molecular weight excluding hydrogens is 356 g/mol. The van der Waals surface area contributed by atoms with Gasteiger partial charge in [-0.25, -0.2) is 0 Å². The van der Waals surface area contributed by atoms with Crippen LogP contribution >= 0.6 is 0 Å². The third-order valence-corrected chi connectivity index (χ3v) is 5.01. The van der Waals surface area contributed by atoms with Gasteiger partial charge in [0.2, 0.25) is 0 Å². The summed E-state index contributed by atoms with van der Waals surface area (Å²) in [4.78, 5) is 26.6. The number of amides is 2. The van der Waals surface area contributed by atoms with E-state index in [0.29, 0.717) is 36.9 Å². The smallest absolute Gasteiger partial charge is 0.263 e. The van der Waals surface area contributed by atoms with Crippen LogP contribution in [0, 0.1) is 5.92 Å². The Balaban J connectivity index is 1.42. The number of nitrogens with zero attached hydrogens (tertiary/aromatic N) is 1. The van der Waals surface area contributed by atoms with E-state index in [-0.39, 0.29) is 17.6 Å². The number of ether oxygens (including phenoxy) is 1. The first-order valence-corrected chi connectivity index (χ1v) is 9.60. The van der Waals surface area contributed by atoms with Gasteiger partial charge in [0.1, 0.15) is 11.5 Å². The van der Waals surface area contributed by atoms with Crippen LogP contribution in [-0.2, 0) is 4.79 Å². The molecule has 148 valence electrons. The maximum Gasteiger partial charge on any atom is 0.263 e. The normalized spacial score (nSPS) is 15.7. The van der Waals surface area contributed by atoms with Gasteiger partial charge in [0.05, 0.1) is 0 Å². The Hall–Kier alpha value is -3.02. The molecule has 6 heteroatoms. The van der Waals surface area contributed by atoms with Gasteiger partial charge in [-0.05, 0) is 62.1 Å². The molecule has 0 saturated carbocycles. The zero-order chi connectivity index (χ0) is 19.9. The average Bonchev–Trinajstić information content (AvgIpc) is 2.73. The standard InChI is InChI=1S/C22H26N2O4/c1-16(28-20-5-3-2-4-6-20)22(27)24-13-11-17(12-14-24)15-23-21(26)18-7-9-19(25)10-8-18/h2-10,16-17,25H,11-15H2,1H3,(H,23,26). The Morgan fingerprint density at radius 3 is 2.39 bits per heavy atom. The number of rotatable bonds is 6. The van der Waals surface area contributed by atoms with E-state index >= 15 is 0 Å². The molecule has 0 radical (unpaired) electrons. The second kappa shape index (κ2) is 9.26. The van der Waals surface area contributed by atoms with Gasteiger partial charge in [-0.15, -0.1) is 0 Å². The van der Waals surface area contributed by atoms with Crippen molar-refractivity contribution in [1.82, 2.24) is 10.2 Å². The molecule has 1 heterocycles. The number of likely N-dealkylation sites (tertiary alicyclic amines) is 1. The molecule has 2 amide bonds. The summed E-state index contributed by atoms with van der Waals surface area (Å²) in [5, 5.41) is 12.2. The number of phenolic OH excluding ortho intramolecular Hbond substituents is 1. The lowest BCUT2D eigenvalue weighted by Gasteiger charge is -2.33. The average molecular weight is 382 g/mol. The number of hydrogen-bond donors (Lipinski definition) is 2. The molecule has 1 aliphatic heterocycles. The summed E-state index contributed by atoms with van der Waals surface area (Å²) < 4.78 is 5.73. The zero-order valence-electron chi connectivity index (χ0n) is 16.0. The second-order valence-corrected chi connectivity index (χ2v) is 7.10. The largest absolute Gasteiger partial charge is 0.508 e. The number of para-hydroxylation sites is 1. The predicted molar refractivity (Wildman–Crippen MR) is 106 cm³/mol. The topological polar surface area (TPSA) is 78.9 Å². The van der Waals surface area contributed by atoms with E-state index in [2.05, 4.69) is 5.32 Å². The molecule has 0 aromatic heterocycles. The minimum absolute atomic E-state index is 0.00423. The molecule has 1 atom stereocenters. The predicted octanol–water partition coefficient (Wildman–Crippen LogP) is 2.83. The van der Waals surface area contributed by atoms with E-state index < -0.39 is 6.10 Å². The van der Waals surface area contributed by atoms with Crippen molar-refractivity contribution in [2.75, 3.05) is 19.6 Å². The summed E-state index contributed by atoms with van der Waals surface area (Å²) in [6, 6.07) is 15.5. The van der Waals surface area contributed by atoms with Crippen LogP contribution in [0.25, 0.3) is 0 Å². The summed E-state index contributed by atoms with van der Waals surface area (Å²) in [7, 11) is 0. The number of carbonyl (C=O) groups is 2. The lowest BCUT2D eigenvalue weighted by Crippen LogP contribution is -2.46. The molecule has 1 saturated heterocycles. The minimum Gasteiger partial charge on any atom is -0.508 e. The van der Waals surface area contributed by atoms with Gasteiger partial charge >= 0.3 is 0 Å². The van der Waals surface area contributed by atoms with Crippen molar-refractivity contribution in [2.24, 2.45) is 5.92 Å². The molecule has 0 aliphatic carbocycles. The van der Waals surface area contributed by atoms with Crippen LogP contribution in [0.3, 0.4) is 0 Å². The lowest BCUT2D eigenvalue weighted by atomic mass is 9.96. The van der Waals surface area contributed by atoms with Gasteiger partial charge in [0, 0.05) is 25.2 Å². The van der Waals surface area contributed by atoms with Crippen LogP contribution in [0.1, 0.15) is 30.1 Å². The van der Waals surface area contributed by atoms with Crippen LogP contribution in [0.2, 0.25) is 0 Å². The molecule has 1 aliphatic rings. The van der Waals surface area contributed by atoms with E-state index in [1.54, 1.807) is 19.1 Å². The van der Waals surface area contributed by atoms with Crippen LogP contribution in [0.15, 0.2) is 54.6 Å². The molecule has 28 heavy (non-hydrogen) atoms. The molecule has 3 rings (SSSR count). The van der Waals surface area contributed by atoms with Crippen molar-refractivity contribution in [1.29, 1.82) is 0 Å². The highest BCUT2D eigenvalue weighted by Crippen LogP contribution is 2.19. The third-order valence-electron chi connectivity index (χ3n) is 5.01. The van der Waals surface area contributed by atoms with Gasteiger partial charge in [0.15, 0.2) is 6.10 Å². The Labute approximate surface area is 165 Å². The number of carbonyl (C=O) groups excluding carboxylic acids is 2. The highest BCUT2D eigenvalue weighted by molar-refractivity contribution is 5.94. The quantitative estimate of drug-likeness (QED) is 0.805. The van der Waals surface area contributed by atoms with E-state index in [9.17, 15) is 14.7 Å². The van der Waals surface area contributed by atoms with Crippen molar-refractivity contribution in [3.63, 3.8) is 0 Å². The molecule has 2 aromatic carbocycles. The van der Waals surface area contributed by atoms with Crippen molar-refractivity contribution in [3.8, 4) is 11.5 Å². The number of piperidine rings is 1. The van der Waals surface area contributed by atoms with E-state index in [4.69, 9.17) is 4.74 Å². The van der Waals surface area contributed by atoms with Crippen molar-refractivity contribution < 1.29 is 19.4 Å². The molecule has 1 fully saturated rings. The maximum absolute atomic E-state index is 12.6. The summed E-state index contributed by atoms with van der Waals surface area (Å²) in [6.45, 7) is 3.69. The van der Waals surface area contributed by atoms with Crippen LogP contribution < -0.4 is 10.1 Å². The zero-order valence-corrected chi connectivity index (χ0v) is 16.0. The van der Waals surface area contributed by atoms with Crippen LogP contribution in [0.4, 0.5) is 0 Å². The molecule has 2 aromatic rings.